The van der Waals surface area contributed by atoms with Gasteiger partial charge >= 0.3 is 11.9 Å². The summed E-state index contributed by atoms with van der Waals surface area (Å²) in [5, 5.41) is 11.1. The van der Waals surface area contributed by atoms with Crippen molar-refractivity contribution in [3.05, 3.63) is 0 Å². The summed E-state index contributed by atoms with van der Waals surface area (Å²) >= 11 is 0. The summed E-state index contributed by atoms with van der Waals surface area (Å²) in [5.74, 6) is -2.26. The van der Waals surface area contributed by atoms with E-state index in [1.165, 1.54) is 7.11 Å². The zero-order valence-electron chi connectivity index (χ0n) is 9.93. The lowest BCUT2D eigenvalue weighted by molar-refractivity contribution is -0.144. The minimum Gasteiger partial charge on any atom is -0.480 e. The third-order valence-corrected chi connectivity index (χ3v) is 2.26. The van der Waals surface area contributed by atoms with Crippen LogP contribution in [0.25, 0.3) is 0 Å². The molecule has 2 atom stereocenters. The molecule has 0 saturated carbocycles. The highest BCUT2D eigenvalue weighted by atomic mass is 16.5. The molecule has 7 nitrogen and oxygen atoms in total. The summed E-state index contributed by atoms with van der Waals surface area (Å²) in [4.78, 5) is 33.1. The highest BCUT2D eigenvalue weighted by Gasteiger charge is 2.23. The van der Waals surface area contributed by atoms with Gasteiger partial charge in [-0.15, -0.1) is 0 Å². The first-order chi connectivity index (χ1) is 7.92. The van der Waals surface area contributed by atoms with E-state index in [4.69, 9.17) is 10.8 Å². The van der Waals surface area contributed by atoms with Gasteiger partial charge in [-0.1, -0.05) is 6.92 Å². The average molecular weight is 246 g/mol. The van der Waals surface area contributed by atoms with Crippen LogP contribution in [0.1, 0.15) is 26.2 Å². The maximum Gasteiger partial charge on any atom is 0.326 e. The van der Waals surface area contributed by atoms with Crippen LogP contribution in [-0.4, -0.2) is 42.1 Å². The Balaban J connectivity index is 4.30. The van der Waals surface area contributed by atoms with Crippen LogP contribution >= 0.6 is 0 Å². The lowest BCUT2D eigenvalue weighted by atomic mass is 10.1. The number of carboxylic acid groups (broad SMARTS) is 1. The second kappa shape index (κ2) is 7.61. The van der Waals surface area contributed by atoms with E-state index in [2.05, 4.69) is 10.1 Å². The lowest BCUT2D eigenvalue weighted by Crippen LogP contribution is -2.48. The highest BCUT2D eigenvalue weighted by Crippen LogP contribution is 2.00. The zero-order valence-corrected chi connectivity index (χ0v) is 9.93. The van der Waals surface area contributed by atoms with Crippen LogP contribution in [0, 0.1) is 0 Å². The topological polar surface area (TPSA) is 119 Å². The molecule has 0 saturated heterocycles. The fourth-order valence-electron chi connectivity index (χ4n) is 1.09. The lowest BCUT2D eigenvalue weighted by Gasteiger charge is -2.16. The van der Waals surface area contributed by atoms with Gasteiger partial charge in [0.2, 0.25) is 5.91 Å². The number of esters is 1. The Morgan fingerprint density at radius 1 is 1.41 bits per heavy atom. The molecule has 7 heteroatoms. The van der Waals surface area contributed by atoms with Crippen LogP contribution < -0.4 is 11.1 Å². The smallest absolute Gasteiger partial charge is 0.326 e. The van der Waals surface area contributed by atoms with Crippen molar-refractivity contribution < 1.29 is 24.2 Å². The molecule has 98 valence electrons. The van der Waals surface area contributed by atoms with E-state index in [-0.39, 0.29) is 12.8 Å². The molecule has 0 spiro atoms. The van der Waals surface area contributed by atoms with Gasteiger partial charge in [-0.05, 0) is 12.8 Å². The summed E-state index contributed by atoms with van der Waals surface area (Å²) < 4.78 is 4.38. The van der Waals surface area contributed by atoms with Gasteiger partial charge in [-0.2, -0.15) is 0 Å². The van der Waals surface area contributed by atoms with E-state index in [9.17, 15) is 14.4 Å². The number of rotatable bonds is 7. The normalized spacial score (nSPS) is 13.6. The van der Waals surface area contributed by atoms with Crippen molar-refractivity contribution in [2.75, 3.05) is 7.11 Å². The molecule has 0 aromatic carbocycles. The first kappa shape index (κ1) is 15.4. The number of carboxylic acids is 1. The van der Waals surface area contributed by atoms with E-state index < -0.39 is 29.9 Å². The molecule has 0 aromatic rings. The fraction of sp³-hybridized carbons (Fsp3) is 0.700. The van der Waals surface area contributed by atoms with Gasteiger partial charge in [0.05, 0.1) is 13.2 Å². The van der Waals surface area contributed by atoms with E-state index in [1.54, 1.807) is 6.92 Å². The van der Waals surface area contributed by atoms with Crippen molar-refractivity contribution in [2.24, 2.45) is 5.73 Å². The maximum absolute atomic E-state index is 11.4. The summed E-state index contributed by atoms with van der Waals surface area (Å²) in [6.07, 6.45) is 0.314. The summed E-state index contributed by atoms with van der Waals surface area (Å²) in [6, 6.07) is -1.87. The SMILES string of the molecule is CC[C@H](N)C(=O)NC(CCC(=O)OC)C(=O)O. The number of nitrogens with two attached hydrogens (primary N) is 1. The molecule has 0 aliphatic rings. The average Bonchev–Trinajstić information content (AvgIpc) is 2.31. The maximum atomic E-state index is 11.4. The van der Waals surface area contributed by atoms with Crippen molar-refractivity contribution >= 4 is 17.8 Å². The Morgan fingerprint density at radius 2 is 2.00 bits per heavy atom. The van der Waals surface area contributed by atoms with Gasteiger partial charge < -0.3 is 20.9 Å². The van der Waals surface area contributed by atoms with E-state index in [1.807, 2.05) is 0 Å². The number of carbonyl (C=O) groups is 3. The van der Waals surface area contributed by atoms with Crippen molar-refractivity contribution in [1.29, 1.82) is 0 Å². The van der Waals surface area contributed by atoms with Crippen molar-refractivity contribution in [3.8, 4) is 0 Å². The molecule has 0 rings (SSSR count). The van der Waals surface area contributed by atoms with Crippen molar-refractivity contribution in [3.63, 3.8) is 0 Å². The largest absolute Gasteiger partial charge is 0.480 e. The number of carbonyl (C=O) groups excluding carboxylic acids is 2. The van der Waals surface area contributed by atoms with E-state index >= 15 is 0 Å². The summed E-state index contributed by atoms with van der Waals surface area (Å²) in [6.45, 7) is 1.72. The Kier molecular flexibility index (Phi) is 6.88. The monoisotopic (exact) mass is 246 g/mol. The number of methoxy groups -OCH3 is 1. The number of nitrogens with one attached hydrogen (secondary N) is 1. The Hall–Kier alpha value is -1.63. The minimum absolute atomic E-state index is 0.0236. The Bertz CT molecular complexity index is 292. The molecule has 17 heavy (non-hydrogen) atoms. The Morgan fingerprint density at radius 3 is 2.41 bits per heavy atom. The zero-order chi connectivity index (χ0) is 13.4. The second-order valence-corrected chi connectivity index (χ2v) is 3.53. The molecular formula is C10H18N2O5. The van der Waals surface area contributed by atoms with Gasteiger partial charge in [0, 0.05) is 6.42 Å². The Labute approximate surface area is 99.3 Å². The third kappa shape index (κ3) is 5.86. The van der Waals surface area contributed by atoms with Crippen molar-refractivity contribution in [1.82, 2.24) is 5.32 Å². The predicted molar refractivity (Wildman–Crippen MR) is 59.1 cm³/mol. The van der Waals surface area contributed by atoms with Gasteiger partial charge in [-0.3, -0.25) is 9.59 Å². The quantitative estimate of drug-likeness (QED) is 0.508. The van der Waals surface area contributed by atoms with Gasteiger partial charge in [0.25, 0.3) is 0 Å². The minimum atomic E-state index is -1.20. The molecule has 0 aromatic heterocycles. The molecule has 0 aliphatic heterocycles. The van der Waals surface area contributed by atoms with Crippen LogP contribution in [0.4, 0.5) is 0 Å². The summed E-state index contributed by atoms with van der Waals surface area (Å²) in [7, 11) is 1.21. The van der Waals surface area contributed by atoms with Gasteiger partial charge in [0.15, 0.2) is 0 Å². The van der Waals surface area contributed by atoms with Crippen molar-refractivity contribution in [2.45, 2.75) is 38.3 Å². The van der Waals surface area contributed by atoms with Crippen LogP contribution in [0.3, 0.4) is 0 Å². The number of ether oxygens (including phenoxy) is 1. The molecule has 0 aliphatic carbocycles. The molecule has 1 amide bonds. The number of aliphatic carboxylic acids is 1. The first-order valence-corrected chi connectivity index (χ1v) is 5.27. The van der Waals surface area contributed by atoms with Gasteiger partial charge in [0.1, 0.15) is 6.04 Å². The van der Waals surface area contributed by atoms with Gasteiger partial charge in [-0.25, -0.2) is 4.79 Å². The van der Waals surface area contributed by atoms with Crippen LogP contribution in [0.2, 0.25) is 0 Å². The van der Waals surface area contributed by atoms with Crippen LogP contribution in [0.5, 0.6) is 0 Å². The van der Waals surface area contributed by atoms with E-state index in [0.717, 1.165) is 0 Å². The van der Waals surface area contributed by atoms with E-state index in [0.29, 0.717) is 6.42 Å². The second-order valence-electron chi connectivity index (χ2n) is 3.53. The molecule has 0 radical (unpaired) electrons. The number of amides is 1. The van der Waals surface area contributed by atoms with Crippen LogP contribution in [-0.2, 0) is 19.1 Å². The molecule has 0 heterocycles. The number of hydrogen-bond donors (Lipinski definition) is 3. The standard InChI is InChI=1S/C10H18N2O5/c1-3-6(11)9(14)12-7(10(15)16)4-5-8(13)17-2/h6-7H,3-5,11H2,1-2H3,(H,12,14)(H,15,16)/t6-,7?/m0/s1. The molecule has 1 unspecified atom stereocenters. The molecular weight excluding hydrogens is 228 g/mol. The predicted octanol–water partition coefficient (Wildman–Crippen LogP) is -0.754. The van der Waals surface area contributed by atoms with Crippen LogP contribution in [0.15, 0.2) is 0 Å². The molecule has 0 bridgehead atoms. The third-order valence-electron chi connectivity index (χ3n) is 2.26. The highest BCUT2D eigenvalue weighted by molar-refractivity contribution is 5.87. The first-order valence-electron chi connectivity index (χ1n) is 5.27. The summed E-state index contributed by atoms with van der Waals surface area (Å²) in [5.41, 5.74) is 5.45. The molecule has 4 N–H and O–H groups in total. The fourth-order valence-corrected chi connectivity index (χ4v) is 1.09. The number of hydrogen-bond acceptors (Lipinski definition) is 5. The molecule has 0 fully saturated rings.